The summed E-state index contributed by atoms with van der Waals surface area (Å²) in [6.07, 6.45) is 4.71. The minimum atomic E-state index is -0.184. The van der Waals surface area contributed by atoms with Gasteiger partial charge in [-0.05, 0) is 57.7 Å². The molecule has 2 atom stereocenters. The van der Waals surface area contributed by atoms with E-state index in [-0.39, 0.29) is 17.7 Å². The summed E-state index contributed by atoms with van der Waals surface area (Å²) in [6, 6.07) is 13.4. The van der Waals surface area contributed by atoms with Crippen LogP contribution in [0.25, 0.3) is 12.2 Å². The molecule has 0 spiro atoms. The Kier molecular flexibility index (Phi) is 8.91. The van der Waals surface area contributed by atoms with Crippen LogP contribution in [0, 0.1) is 5.92 Å². The SMILES string of the molecule is COc1cc(/C=C\c2ccccc2NC2CC2C(=O)c2cc(OC)c(OC)c(OC)c2Br)cc(OC)c1OC. The molecule has 8 nitrogen and oxygen atoms in total. The predicted molar refractivity (Wildman–Crippen MR) is 155 cm³/mol. The molecule has 0 aliphatic heterocycles. The normalized spacial score (nSPS) is 16.0. The summed E-state index contributed by atoms with van der Waals surface area (Å²) in [5, 5.41) is 3.54. The van der Waals surface area contributed by atoms with Crippen molar-refractivity contribution in [2.45, 2.75) is 12.5 Å². The van der Waals surface area contributed by atoms with Crippen molar-refractivity contribution in [3.8, 4) is 34.5 Å². The zero-order chi connectivity index (χ0) is 28.1. The van der Waals surface area contributed by atoms with Gasteiger partial charge in [0, 0.05) is 23.2 Å². The number of para-hydroxylation sites is 1. The molecular weight excluding hydrogens is 566 g/mol. The topological polar surface area (TPSA) is 84.5 Å². The van der Waals surface area contributed by atoms with Crippen molar-refractivity contribution >= 4 is 39.6 Å². The maximum absolute atomic E-state index is 13.5. The standard InChI is InChI=1S/C30H32BrNO7/c1-34-23-13-17(14-24(35-2)28(23)37-4)11-12-18-9-7-8-10-21(18)32-22-15-19(22)27(33)20-16-25(36-3)29(38-5)30(39-6)26(20)31/h7-14,16,19,22,32H,15H2,1-6H3/b12-11-. The van der Waals surface area contributed by atoms with Gasteiger partial charge in [-0.15, -0.1) is 0 Å². The van der Waals surface area contributed by atoms with Gasteiger partial charge in [-0.3, -0.25) is 4.79 Å². The van der Waals surface area contributed by atoms with Gasteiger partial charge >= 0.3 is 0 Å². The van der Waals surface area contributed by atoms with E-state index in [1.807, 2.05) is 48.6 Å². The average molecular weight is 598 g/mol. The van der Waals surface area contributed by atoms with Crippen molar-refractivity contribution < 1.29 is 33.2 Å². The van der Waals surface area contributed by atoms with Gasteiger partial charge in [-0.2, -0.15) is 0 Å². The fraction of sp³-hybridized carbons (Fsp3) is 0.300. The predicted octanol–water partition coefficient (Wildman–Crippen LogP) is 6.35. The molecule has 0 saturated heterocycles. The van der Waals surface area contributed by atoms with Gasteiger partial charge in [-0.1, -0.05) is 30.4 Å². The number of rotatable bonds is 12. The average Bonchev–Trinajstić information content (AvgIpc) is 3.74. The van der Waals surface area contributed by atoms with E-state index in [2.05, 4.69) is 21.2 Å². The molecule has 0 aromatic heterocycles. The molecule has 1 N–H and O–H groups in total. The van der Waals surface area contributed by atoms with Gasteiger partial charge in [0.15, 0.2) is 28.8 Å². The molecule has 3 aromatic rings. The van der Waals surface area contributed by atoms with Gasteiger partial charge in [0.1, 0.15) is 0 Å². The quantitative estimate of drug-likeness (QED) is 0.191. The number of hydrogen-bond donors (Lipinski definition) is 1. The molecule has 9 heteroatoms. The molecule has 3 aromatic carbocycles. The number of ether oxygens (including phenoxy) is 6. The summed E-state index contributed by atoms with van der Waals surface area (Å²) in [4.78, 5) is 13.5. The first-order chi connectivity index (χ1) is 18.9. The third-order valence-corrected chi connectivity index (χ3v) is 7.39. The fourth-order valence-corrected chi connectivity index (χ4v) is 5.15. The second-order valence-corrected chi connectivity index (χ2v) is 9.64. The third-order valence-electron chi connectivity index (χ3n) is 6.61. The lowest BCUT2D eigenvalue weighted by Crippen LogP contribution is -2.13. The van der Waals surface area contributed by atoms with E-state index in [0.29, 0.717) is 51.0 Å². The highest BCUT2D eigenvalue weighted by molar-refractivity contribution is 9.10. The van der Waals surface area contributed by atoms with Crippen LogP contribution in [-0.2, 0) is 0 Å². The van der Waals surface area contributed by atoms with Gasteiger partial charge in [-0.25, -0.2) is 0 Å². The first kappa shape index (κ1) is 28.2. The van der Waals surface area contributed by atoms with Crippen molar-refractivity contribution in [2.75, 3.05) is 48.0 Å². The Hall–Kier alpha value is -3.85. The summed E-state index contributed by atoms with van der Waals surface area (Å²) < 4.78 is 33.3. The molecule has 0 heterocycles. The Balaban J connectivity index is 1.54. The van der Waals surface area contributed by atoms with E-state index in [0.717, 1.165) is 16.8 Å². The lowest BCUT2D eigenvalue weighted by molar-refractivity contribution is 0.0964. The number of hydrogen-bond acceptors (Lipinski definition) is 8. The van der Waals surface area contributed by atoms with Crippen molar-refractivity contribution in [2.24, 2.45) is 5.92 Å². The van der Waals surface area contributed by atoms with Crippen LogP contribution in [0.4, 0.5) is 5.69 Å². The van der Waals surface area contributed by atoms with Gasteiger partial charge in [0.2, 0.25) is 11.5 Å². The summed E-state index contributed by atoms with van der Waals surface area (Å²) in [5.74, 6) is 2.82. The molecule has 0 radical (unpaired) electrons. The largest absolute Gasteiger partial charge is 0.493 e. The molecule has 1 fully saturated rings. The van der Waals surface area contributed by atoms with Crippen LogP contribution in [0.2, 0.25) is 0 Å². The van der Waals surface area contributed by atoms with Crippen molar-refractivity contribution in [3.05, 3.63) is 63.6 Å². The number of methoxy groups -OCH3 is 6. The molecule has 39 heavy (non-hydrogen) atoms. The number of carbonyl (C=O) groups is 1. The van der Waals surface area contributed by atoms with Crippen LogP contribution in [0.5, 0.6) is 34.5 Å². The maximum atomic E-state index is 13.5. The molecule has 1 aliphatic rings. The first-order valence-corrected chi connectivity index (χ1v) is 13.1. The van der Waals surface area contributed by atoms with Crippen LogP contribution in [0.15, 0.2) is 46.9 Å². The van der Waals surface area contributed by atoms with E-state index in [1.165, 1.54) is 21.3 Å². The Morgan fingerprint density at radius 1 is 0.795 bits per heavy atom. The van der Waals surface area contributed by atoms with Crippen molar-refractivity contribution in [1.82, 2.24) is 0 Å². The van der Waals surface area contributed by atoms with Crippen LogP contribution < -0.4 is 33.7 Å². The number of benzene rings is 3. The summed E-state index contributed by atoms with van der Waals surface area (Å²) >= 11 is 3.53. The summed E-state index contributed by atoms with van der Waals surface area (Å²) in [5.41, 5.74) is 3.31. The smallest absolute Gasteiger partial charge is 0.204 e. The maximum Gasteiger partial charge on any atom is 0.204 e. The van der Waals surface area contributed by atoms with Gasteiger partial charge < -0.3 is 33.7 Å². The molecule has 0 amide bonds. The molecule has 1 saturated carbocycles. The lowest BCUT2D eigenvalue weighted by atomic mass is 10.0. The Bertz CT molecular complexity index is 1360. The third kappa shape index (κ3) is 5.78. The second-order valence-electron chi connectivity index (χ2n) is 8.84. The molecule has 0 bridgehead atoms. The van der Waals surface area contributed by atoms with E-state index in [9.17, 15) is 4.79 Å². The highest BCUT2D eigenvalue weighted by atomic mass is 79.9. The number of Topliss-reactive ketones (excluding diaryl/α,β-unsaturated/α-hetero) is 1. The Morgan fingerprint density at radius 2 is 1.38 bits per heavy atom. The lowest BCUT2D eigenvalue weighted by Gasteiger charge is -2.16. The molecule has 2 unspecified atom stereocenters. The van der Waals surface area contributed by atoms with Crippen LogP contribution in [0.3, 0.4) is 0 Å². The van der Waals surface area contributed by atoms with Crippen LogP contribution in [0.1, 0.15) is 27.9 Å². The minimum Gasteiger partial charge on any atom is -0.493 e. The molecular formula is C30H32BrNO7. The zero-order valence-electron chi connectivity index (χ0n) is 22.8. The molecule has 4 rings (SSSR count). The monoisotopic (exact) mass is 597 g/mol. The van der Waals surface area contributed by atoms with Crippen LogP contribution >= 0.6 is 15.9 Å². The minimum absolute atomic E-state index is 0.000726. The molecule has 206 valence electrons. The van der Waals surface area contributed by atoms with Crippen molar-refractivity contribution in [3.63, 3.8) is 0 Å². The Labute approximate surface area is 236 Å². The van der Waals surface area contributed by atoms with Gasteiger partial charge in [0.25, 0.3) is 0 Å². The van der Waals surface area contributed by atoms with E-state index in [1.54, 1.807) is 27.4 Å². The first-order valence-electron chi connectivity index (χ1n) is 12.3. The zero-order valence-corrected chi connectivity index (χ0v) is 24.4. The highest BCUT2D eigenvalue weighted by Gasteiger charge is 2.44. The van der Waals surface area contributed by atoms with Gasteiger partial charge in [0.05, 0.1) is 47.1 Å². The number of ketones is 1. The van der Waals surface area contributed by atoms with E-state index < -0.39 is 0 Å². The summed E-state index contributed by atoms with van der Waals surface area (Å²) in [7, 11) is 9.35. The van der Waals surface area contributed by atoms with Crippen LogP contribution in [-0.4, -0.2) is 54.5 Å². The Morgan fingerprint density at radius 3 is 1.97 bits per heavy atom. The molecule has 1 aliphatic carbocycles. The number of carbonyl (C=O) groups excluding carboxylic acids is 1. The van der Waals surface area contributed by atoms with E-state index in [4.69, 9.17) is 28.4 Å². The van der Waals surface area contributed by atoms with Crippen molar-refractivity contribution in [1.29, 1.82) is 0 Å². The van der Waals surface area contributed by atoms with E-state index >= 15 is 0 Å². The second kappa shape index (κ2) is 12.3. The number of anilines is 1. The highest BCUT2D eigenvalue weighted by Crippen LogP contribution is 2.47. The summed E-state index contributed by atoms with van der Waals surface area (Å²) in [6.45, 7) is 0. The number of nitrogens with one attached hydrogen (secondary N) is 1. The fourth-order valence-electron chi connectivity index (χ4n) is 4.50. The number of halogens is 1.